The van der Waals surface area contributed by atoms with E-state index in [0.29, 0.717) is 0 Å². The molecule has 0 radical (unpaired) electrons. The number of rotatable bonds is 9. The summed E-state index contributed by atoms with van der Waals surface area (Å²) in [5.41, 5.74) is -0.624. The Morgan fingerprint density at radius 1 is 1.16 bits per heavy atom. The Morgan fingerprint density at radius 2 is 1.94 bits per heavy atom. The molecule has 2 aromatic heterocycles. The van der Waals surface area contributed by atoms with Crippen molar-refractivity contribution in [3.63, 3.8) is 0 Å². The molecule has 0 fully saturated rings. The molecule has 0 spiro atoms. The molecule has 0 unspecified atom stereocenters. The first kappa shape index (κ1) is 21.2. The van der Waals surface area contributed by atoms with Gasteiger partial charge in [-0.05, 0) is 11.0 Å². The largest absolute Gasteiger partial charge is 0.491 e. The predicted octanol–water partition coefficient (Wildman–Crippen LogP) is 1.69. The number of ether oxygens (including phenoxy) is 1. The fourth-order valence-electron chi connectivity index (χ4n) is 2.35. The van der Waals surface area contributed by atoms with Crippen molar-refractivity contribution in [2.75, 3.05) is 11.9 Å². The van der Waals surface area contributed by atoms with Crippen molar-refractivity contribution in [1.82, 2.24) is 24.5 Å². The number of carbonyl (C=O) groups is 1. The first-order valence-electron chi connectivity index (χ1n) is 8.30. The minimum atomic E-state index is -2.78. The molecular weight excluding hydrogens is 426 g/mol. The number of non-ortho nitro benzene ring substituents is 1. The Balaban J connectivity index is 1.72. The van der Waals surface area contributed by atoms with Gasteiger partial charge in [-0.1, -0.05) is 4.98 Å². The normalized spacial score (nSPS) is 10.8. The lowest BCUT2D eigenvalue weighted by Gasteiger charge is -2.08. The third-order valence-electron chi connectivity index (χ3n) is 3.59. The Hall–Kier alpha value is -4.50. The summed E-state index contributed by atoms with van der Waals surface area (Å²) in [7, 11) is 0. The molecular formula is C15H12F2N8O6. The van der Waals surface area contributed by atoms with Crippen LogP contribution in [-0.4, -0.2) is 53.3 Å². The van der Waals surface area contributed by atoms with E-state index in [1.807, 2.05) is 0 Å². The molecule has 0 aliphatic heterocycles. The summed E-state index contributed by atoms with van der Waals surface area (Å²) in [6.45, 7) is -1.05. The molecule has 1 amide bonds. The highest BCUT2D eigenvalue weighted by atomic mass is 19.3. The molecule has 0 saturated heterocycles. The third-order valence-corrected chi connectivity index (χ3v) is 3.59. The zero-order valence-electron chi connectivity index (χ0n) is 15.3. The van der Waals surface area contributed by atoms with Crippen LogP contribution in [-0.2, 0) is 6.67 Å². The number of nitrogens with zero attached hydrogens (tertiary/aromatic N) is 7. The Kier molecular flexibility index (Phi) is 6.08. The molecule has 31 heavy (non-hydrogen) atoms. The first-order chi connectivity index (χ1) is 14.7. The maximum Gasteiger partial charge on any atom is 0.491 e. The molecule has 1 N–H and O–H groups in total. The number of halogens is 2. The number of anilines is 1. The van der Waals surface area contributed by atoms with Gasteiger partial charge in [-0.3, -0.25) is 14.9 Å². The van der Waals surface area contributed by atoms with E-state index in [1.165, 1.54) is 16.9 Å². The van der Waals surface area contributed by atoms with Crippen LogP contribution in [0.15, 0.2) is 36.8 Å². The summed E-state index contributed by atoms with van der Waals surface area (Å²) in [5.74, 6) is -1.56. The molecule has 3 aromatic rings. The number of hydrogen-bond donors (Lipinski definition) is 1. The minimum absolute atomic E-state index is 0.0649. The molecule has 14 nitrogen and oxygen atoms in total. The SMILES string of the molecule is O=C(Nc1cc(OCC(F)F)cc([N+](=O)[O-])c1)c1ccn(Cn2cnc([N+](=O)[O-])n2)n1. The number of carbonyl (C=O) groups excluding carboxylic acids is 1. The second-order valence-corrected chi connectivity index (χ2v) is 5.85. The lowest BCUT2D eigenvalue weighted by molar-refractivity contribution is -0.394. The van der Waals surface area contributed by atoms with E-state index < -0.39 is 40.4 Å². The zero-order chi connectivity index (χ0) is 22.5. The van der Waals surface area contributed by atoms with Crippen LogP contribution in [0.5, 0.6) is 5.75 Å². The van der Waals surface area contributed by atoms with Gasteiger partial charge < -0.3 is 20.2 Å². The summed E-state index contributed by atoms with van der Waals surface area (Å²) in [6, 6.07) is 4.45. The molecule has 162 valence electrons. The van der Waals surface area contributed by atoms with E-state index in [1.54, 1.807) is 0 Å². The molecule has 0 atom stereocenters. The highest BCUT2D eigenvalue weighted by molar-refractivity contribution is 6.03. The number of nitrogens with one attached hydrogen (secondary N) is 1. The van der Waals surface area contributed by atoms with Crippen molar-refractivity contribution < 1.29 is 28.2 Å². The molecule has 0 aliphatic rings. The summed E-state index contributed by atoms with van der Waals surface area (Å²) in [5, 5.41) is 31.6. The van der Waals surface area contributed by atoms with Gasteiger partial charge in [0.1, 0.15) is 12.4 Å². The van der Waals surface area contributed by atoms with Gasteiger partial charge in [-0.15, -0.1) is 0 Å². The third kappa shape index (κ3) is 5.52. The predicted molar refractivity (Wildman–Crippen MR) is 96.9 cm³/mol. The Bertz CT molecular complexity index is 1130. The van der Waals surface area contributed by atoms with Gasteiger partial charge in [-0.2, -0.15) is 9.78 Å². The fourth-order valence-corrected chi connectivity index (χ4v) is 2.35. The van der Waals surface area contributed by atoms with Crippen molar-refractivity contribution >= 4 is 23.2 Å². The molecule has 1 aromatic carbocycles. The lowest BCUT2D eigenvalue weighted by atomic mass is 10.2. The van der Waals surface area contributed by atoms with Crippen LogP contribution in [0.4, 0.5) is 26.1 Å². The van der Waals surface area contributed by atoms with Gasteiger partial charge in [0.25, 0.3) is 18.0 Å². The standard InChI is InChI=1S/C15H12F2N8O6/c16-13(17)6-31-11-4-9(3-10(5-11)24(27)28)19-14(26)12-1-2-22(20-12)8-23-7-18-15(21-23)25(29)30/h1-5,7,13H,6,8H2,(H,19,26). The van der Waals surface area contributed by atoms with E-state index in [2.05, 4.69) is 20.5 Å². The Morgan fingerprint density at radius 3 is 2.58 bits per heavy atom. The summed E-state index contributed by atoms with van der Waals surface area (Å²) >= 11 is 0. The van der Waals surface area contributed by atoms with E-state index >= 15 is 0 Å². The van der Waals surface area contributed by atoms with Gasteiger partial charge in [0, 0.05) is 23.4 Å². The lowest BCUT2D eigenvalue weighted by Crippen LogP contribution is -2.15. The first-order valence-corrected chi connectivity index (χ1v) is 8.30. The molecule has 3 rings (SSSR count). The molecule has 16 heteroatoms. The number of alkyl halides is 2. The molecule has 2 heterocycles. The number of nitro groups is 2. The smallest absolute Gasteiger partial charge is 0.487 e. The van der Waals surface area contributed by atoms with Crippen LogP contribution in [0, 0.1) is 20.2 Å². The summed E-state index contributed by atoms with van der Waals surface area (Å²) in [4.78, 5) is 36.0. The Labute approximate surface area is 170 Å². The summed E-state index contributed by atoms with van der Waals surface area (Å²) < 4.78 is 31.8. The van der Waals surface area contributed by atoms with Crippen molar-refractivity contribution in [3.05, 3.63) is 62.7 Å². The minimum Gasteiger partial charge on any atom is -0.487 e. The van der Waals surface area contributed by atoms with E-state index in [4.69, 9.17) is 4.74 Å². The van der Waals surface area contributed by atoms with Crippen LogP contribution in [0.1, 0.15) is 10.5 Å². The van der Waals surface area contributed by atoms with E-state index in [-0.39, 0.29) is 23.8 Å². The average molecular weight is 438 g/mol. The highest BCUT2D eigenvalue weighted by Crippen LogP contribution is 2.26. The molecule has 0 saturated carbocycles. The fraction of sp³-hybridized carbons (Fsp3) is 0.200. The number of nitro benzene ring substituents is 1. The number of benzene rings is 1. The molecule has 0 aliphatic carbocycles. The van der Waals surface area contributed by atoms with Crippen LogP contribution in [0.3, 0.4) is 0 Å². The van der Waals surface area contributed by atoms with Crippen molar-refractivity contribution in [2.24, 2.45) is 0 Å². The number of hydrogen-bond acceptors (Lipinski definition) is 9. The second kappa shape index (κ2) is 8.89. The van der Waals surface area contributed by atoms with Gasteiger partial charge in [-0.25, -0.2) is 13.5 Å². The average Bonchev–Trinajstić information content (AvgIpc) is 3.36. The van der Waals surface area contributed by atoms with Crippen molar-refractivity contribution in [3.8, 4) is 5.75 Å². The topological polar surface area (TPSA) is 173 Å². The van der Waals surface area contributed by atoms with E-state index in [9.17, 15) is 33.8 Å². The monoisotopic (exact) mass is 438 g/mol. The van der Waals surface area contributed by atoms with Crippen molar-refractivity contribution in [2.45, 2.75) is 13.1 Å². The number of aromatic nitrogens is 5. The highest BCUT2D eigenvalue weighted by Gasteiger charge is 2.17. The van der Waals surface area contributed by atoms with E-state index in [0.717, 1.165) is 29.2 Å². The zero-order valence-corrected chi connectivity index (χ0v) is 15.3. The quantitative estimate of drug-likeness (QED) is 0.385. The van der Waals surface area contributed by atoms with Gasteiger partial charge in [0.05, 0.1) is 16.7 Å². The van der Waals surface area contributed by atoms with Gasteiger partial charge in [0.2, 0.25) is 6.33 Å². The van der Waals surface area contributed by atoms with Crippen molar-refractivity contribution in [1.29, 1.82) is 0 Å². The summed E-state index contributed by atoms with van der Waals surface area (Å²) in [6.07, 6.45) is -0.274. The van der Waals surface area contributed by atoms with Crippen LogP contribution < -0.4 is 10.1 Å². The van der Waals surface area contributed by atoms with Crippen LogP contribution >= 0.6 is 0 Å². The van der Waals surface area contributed by atoms with Gasteiger partial charge >= 0.3 is 5.95 Å². The van der Waals surface area contributed by atoms with Gasteiger partial charge in [0.15, 0.2) is 12.4 Å². The molecule has 0 bridgehead atoms. The maximum atomic E-state index is 12.4. The maximum absolute atomic E-state index is 12.4. The van der Waals surface area contributed by atoms with Crippen LogP contribution in [0.2, 0.25) is 0 Å². The second-order valence-electron chi connectivity index (χ2n) is 5.85. The van der Waals surface area contributed by atoms with Crippen LogP contribution in [0.25, 0.3) is 0 Å². The number of amides is 1.